The molecule has 0 spiro atoms. The van der Waals surface area contributed by atoms with Crippen LogP contribution in [0.25, 0.3) is 0 Å². The van der Waals surface area contributed by atoms with Crippen molar-refractivity contribution < 1.29 is 13.2 Å². The number of hydrogen-bond acceptors (Lipinski definition) is 3. The van der Waals surface area contributed by atoms with Crippen molar-refractivity contribution in [3.05, 3.63) is 0 Å². The van der Waals surface area contributed by atoms with Crippen molar-refractivity contribution in [3.8, 4) is 0 Å². The summed E-state index contributed by atoms with van der Waals surface area (Å²) in [4.78, 5) is 11.9. The Morgan fingerprint density at radius 3 is 2.59 bits per heavy atom. The minimum absolute atomic E-state index is 0.235. The van der Waals surface area contributed by atoms with E-state index in [1.54, 1.807) is 0 Å². The molecule has 2 fully saturated rings. The molecule has 1 saturated heterocycles. The van der Waals surface area contributed by atoms with Gasteiger partial charge in [0, 0.05) is 25.4 Å². The van der Waals surface area contributed by atoms with E-state index in [1.807, 2.05) is 0 Å². The highest BCUT2D eigenvalue weighted by Gasteiger charge is 2.40. The van der Waals surface area contributed by atoms with Crippen molar-refractivity contribution in [3.63, 3.8) is 0 Å². The van der Waals surface area contributed by atoms with Crippen LogP contribution in [0.1, 0.15) is 32.6 Å². The second kappa shape index (κ2) is 4.69. The molecule has 1 heterocycles. The van der Waals surface area contributed by atoms with Gasteiger partial charge in [0.05, 0.1) is 6.26 Å². The van der Waals surface area contributed by atoms with Crippen LogP contribution in [0.3, 0.4) is 0 Å². The van der Waals surface area contributed by atoms with Crippen molar-refractivity contribution in [1.82, 2.24) is 4.31 Å². The van der Waals surface area contributed by atoms with Gasteiger partial charge in [-0.05, 0) is 31.1 Å². The van der Waals surface area contributed by atoms with Gasteiger partial charge in [-0.3, -0.25) is 4.79 Å². The Balaban J connectivity index is 1.87. The second-order valence-electron chi connectivity index (χ2n) is 5.62. The predicted molar refractivity (Wildman–Crippen MR) is 66.0 cm³/mol. The number of rotatable bonds is 4. The fourth-order valence-electron chi connectivity index (χ4n) is 2.70. The fraction of sp³-hybridized carbons (Fsp3) is 0.917. The standard InChI is InChI=1S/C12H21NO3S/c1-9-6-11(9)12(14)7-10-4-3-5-13(8-10)17(2,15)16/h9-11H,3-8H2,1-2H3. The Hall–Kier alpha value is -0.420. The van der Waals surface area contributed by atoms with Crippen molar-refractivity contribution in [2.45, 2.75) is 32.6 Å². The maximum absolute atomic E-state index is 11.9. The molecule has 98 valence electrons. The van der Waals surface area contributed by atoms with E-state index in [9.17, 15) is 13.2 Å². The summed E-state index contributed by atoms with van der Waals surface area (Å²) >= 11 is 0. The van der Waals surface area contributed by atoms with E-state index in [0.717, 1.165) is 19.3 Å². The molecule has 0 amide bonds. The first-order chi connectivity index (χ1) is 7.88. The lowest BCUT2D eigenvalue weighted by atomic mass is 9.92. The van der Waals surface area contributed by atoms with Gasteiger partial charge in [0.2, 0.25) is 10.0 Å². The first kappa shape index (κ1) is 13.0. The van der Waals surface area contributed by atoms with Crippen LogP contribution in [0.4, 0.5) is 0 Å². The molecule has 1 aliphatic carbocycles. The summed E-state index contributed by atoms with van der Waals surface area (Å²) in [7, 11) is -3.09. The molecular weight excluding hydrogens is 238 g/mol. The number of piperidine rings is 1. The monoisotopic (exact) mass is 259 g/mol. The average Bonchev–Trinajstić information content (AvgIpc) is 2.95. The molecule has 5 heteroatoms. The molecule has 0 aromatic rings. The van der Waals surface area contributed by atoms with Crippen LogP contribution < -0.4 is 0 Å². The van der Waals surface area contributed by atoms with E-state index in [0.29, 0.717) is 31.2 Å². The number of hydrogen-bond donors (Lipinski definition) is 0. The molecule has 3 unspecified atom stereocenters. The van der Waals surface area contributed by atoms with Crippen LogP contribution in [-0.2, 0) is 14.8 Å². The number of Topliss-reactive ketones (excluding diaryl/α,β-unsaturated/α-hetero) is 1. The van der Waals surface area contributed by atoms with E-state index in [2.05, 4.69) is 6.92 Å². The topological polar surface area (TPSA) is 54.5 Å². The fourth-order valence-corrected chi connectivity index (χ4v) is 3.64. The zero-order valence-electron chi connectivity index (χ0n) is 10.6. The summed E-state index contributed by atoms with van der Waals surface area (Å²) in [5, 5.41) is 0. The Morgan fingerprint density at radius 2 is 2.06 bits per heavy atom. The summed E-state index contributed by atoms with van der Waals surface area (Å²) in [6.07, 6.45) is 4.71. The SMILES string of the molecule is CC1CC1C(=O)CC1CCCN(S(C)(=O)=O)C1. The van der Waals surface area contributed by atoms with Gasteiger partial charge in [0.1, 0.15) is 5.78 Å². The Bertz CT molecular complexity index is 404. The number of carbonyl (C=O) groups is 1. The third-order valence-corrected chi connectivity index (χ3v) is 5.23. The van der Waals surface area contributed by atoms with Gasteiger partial charge in [0.25, 0.3) is 0 Å². The molecule has 17 heavy (non-hydrogen) atoms. The molecule has 0 aromatic heterocycles. The second-order valence-corrected chi connectivity index (χ2v) is 7.60. The van der Waals surface area contributed by atoms with Crippen LogP contribution in [-0.4, -0.2) is 37.9 Å². The molecular formula is C12H21NO3S. The van der Waals surface area contributed by atoms with E-state index in [-0.39, 0.29) is 11.8 Å². The average molecular weight is 259 g/mol. The third-order valence-electron chi connectivity index (χ3n) is 3.96. The molecule has 0 N–H and O–H groups in total. The molecule has 3 atom stereocenters. The first-order valence-corrected chi connectivity index (χ1v) is 8.20. The predicted octanol–water partition coefficient (Wildman–Crippen LogP) is 1.27. The van der Waals surface area contributed by atoms with E-state index < -0.39 is 10.0 Å². The van der Waals surface area contributed by atoms with Crippen molar-refractivity contribution in [2.75, 3.05) is 19.3 Å². The van der Waals surface area contributed by atoms with E-state index in [1.165, 1.54) is 10.6 Å². The summed E-state index contributed by atoms with van der Waals surface area (Å²) in [6, 6.07) is 0. The maximum Gasteiger partial charge on any atom is 0.211 e. The van der Waals surface area contributed by atoms with Gasteiger partial charge < -0.3 is 0 Å². The first-order valence-electron chi connectivity index (χ1n) is 6.35. The van der Waals surface area contributed by atoms with Gasteiger partial charge in [0.15, 0.2) is 0 Å². The zero-order chi connectivity index (χ0) is 12.6. The summed E-state index contributed by atoms with van der Waals surface area (Å²) in [6.45, 7) is 3.25. The number of ketones is 1. The summed E-state index contributed by atoms with van der Waals surface area (Å²) < 4.78 is 24.4. The number of nitrogens with zero attached hydrogens (tertiary/aromatic N) is 1. The molecule has 1 aliphatic heterocycles. The highest BCUT2D eigenvalue weighted by molar-refractivity contribution is 7.88. The van der Waals surface area contributed by atoms with Crippen LogP contribution in [0.2, 0.25) is 0 Å². The number of carbonyl (C=O) groups excluding carboxylic acids is 1. The van der Waals surface area contributed by atoms with Crippen LogP contribution in [0.5, 0.6) is 0 Å². The Labute approximate surface area is 103 Å². The van der Waals surface area contributed by atoms with Gasteiger partial charge in [-0.2, -0.15) is 0 Å². The quantitative estimate of drug-likeness (QED) is 0.764. The van der Waals surface area contributed by atoms with Crippen molar-refractivity contribution >= 4 is 15.8 Å². The lowest BCUT2D eigenvalue weighted by Crippen LogP contribution is -2.39. The minimum atomic E-state index is -3.09. The summed E-state index contributed by atoms with van der Waals surface area (Å²) in [5.74, 6) is 1.40. The zero-order valence-corrected chi connectivity index (χ0v) is 11.4. The Kier molecular flexibility index (Phi) is 3.59. The van der Waals surface area contributed by atoms with Gasteiger partial charge in [-0.15, -0.1) is 0 Å². The molecule has 2 rings (SSSR count). The van der Waals surface area contributed by atoms with Crippen LogP contribution >= 0.6 is 0 Å². The maximum atomic E-state index is 11.9. The lowest BCUT2D eigenvalue weighted by Gasteiger charge is -2.30. The van der Waals surface area contributed by atoms with Gasteiger partial charge in [-0.25, -0.2) is 12.7 Å². The minimum Gasteiger partial charge on any atom is -0.299 e. The number of sulfonamides is 1. The molecule has 0 bridgehead atoms. The third kappa shape index (κ3) is 3.28. The summed E-state index contributed by atoms with van der Waals surface area (Å²) in [5.41, 5.74) is 0. The highest BCUT2D eigenvalue weighted by atomic mass is 32.2. The van der Waals surface area contributed by atoms with Crippen molar-refractivity contribution in [2.24, 2.45) is 17.8 Å². The Morgan fingerprint density at radius 1 is 1.41 bits per heavy atom. The molecule has 0 radical (unpaired) electrons. The largest absolute Gasteiger partial charge is 0.299 e. The molecule has 0 aromatic carbocycles. The van der Waals surface area contributed by atoms with Crippen molar-refractivity contribution in [1.29, 1.82) is 0 Å². The molecule has 1 saturated carbocycles. The van der Waals surface area contributed by atoms with E-state index >= 15 is 0 Å². The normalized spacial score (nSPS) is 34.6. The van der Waals surface area contributed by atoms with Crippen LogP contribution in [0, 0.1) is 17.8 Å². The lowest BCUT2D eigenvalue weighted by molar-refractivity contribution is -0.121. The molecule has 2 aliphatic rings. The van der Waals surface area contributed by atoms with Crippen LogP contribution in [0.15, 0.2) is 0 Å². The smallest absolute Gasteiger partial charge is 0.211 e. The van der Waals surface area contributed by atoms with Gasteiger partial charge in [-0.1, -0.05) is 6.92 Å². The van der Waals surface area contributed by atoms with Gasteiger partial charge >= 0.3 is 0 Å². The van der Waals surface area contributed by atoms with E-state index in [4.69, 9.17) is 0 Å². The molecule has 4 nitrogen and oxygen atoms in total. The highest BCUT2D eigenvalue weighted by Crippen LogP contribution is 2.40.